The van der Waals surface area contributed by atoms with Crippen LogP contribution in [0.1, 0.15) is 11.5 Å². The highest BCUT2D eigenvalue weighted by atomic mass is 79.9. The van der Waals surface area contributed by atoms with Gasteiger partial charge >= 0.3 is 0 Å². The second kappa shape index (κ2) is 5.14. The maximum atomic E-state index is 13.5. The summed E-state index contributed by atoms with van der Waals surface area (Å²) >= 11 is 9.40. The summed E-state index contributed by atoms with van der Waals surface area (Å²) in [6.07, 6.45) is 0. The molecule has 0 fully saturated rings. The molecule has 3 rings (SSSR count). The summed E-state index contributed by atoms with van der Waals surface area (Å²) in [6.45, 7) is 1.90. The van der Waals surface area contributed by atoms with Gasteiger partial charge in [-0.15, -0.1) is 11.6 Å². The van der Waals surface area contributed by atoms with Crippen molar-refractivity contribution in [2.45, 2.75) is 12.8 Å². The van der Waals surface area contributed by atoms with E-state index < -0.39 is 0 Å². The topological polar surface area (TPSA) is 30.7 Å². The third kappa shape index (κ3) is 2.21. The van der Waals surface area contributed by atoms with Crippen LogP contribution in [0.3, 0.4) is 0 Å². The Bertz CT molecular complexity index is 800. The molecule has 0 N–H and O–H groups in total. The molecule has 102 valence electrons. The second-order valence-corrected chi connectivity index (χ2v) is 5.51. The number of halogens is 3. The molecule has 0 aliphatic heterocycles. The van der Waals surface area contributed by atoms with E-state index in [1.807, 2.05) is 19.1 Å². The molecule has 0 bridgehead atoms. The number of aryl methyl sites for hydroxylation is 1. The first-order chi connectivity index (χ1) is 9.60. The summed E-state index contributed by atoms with van der Waals surface area (Å²) in [5.74, 6) is 0.530. The van der Waals surface area contributed by atoms with Gasteiger partial charge in [0.25, 0.3) is 0 Å². The van der Waals surface area contributed by atoms with Crippen molar-refractivity contribution >= 4 is 38.7 Å². The zero-order valence-electron chi connectivity index (χ0n) is 10.6. The summed E-state index contributed by atoms with van der Waals surface area (Å²) in [5.41, 5.74) is 2.92. The van der Waals surface area contributed by atoms with E-state index in [0.717, 1.165) is 15.7 Å². The second-order valence-electron chi connectivity index (χ2n) is 4.39. The molecule has 3 aromatic rings. The molecule has 0 radical (unpaired) electrons. The lowest BCUT2D eigenvalue weighted by Gasteiger charge is -2.09. The zero-order valence-corrected chi connectivity index (χ0v) is 12.9. The summed E-state index contributed by atoms with van der Waals surface area (Å²) in [7, 11) is 0. The van der Waals surface area contributed by atoms with Crippen LogP contribution in [0.4, 0.5) is 4.39 Å². The largest absolute Gasteiger partial charge is 0.278 e. The highest BCUT2D eigenvalue weighted by Gasteiger charge is 2.15. The third-order valence-electron chi connectivity index (χ3n) is 2.98. The van der Waals surface area contributed by atoms with Crippen LogP contribution in [0, 0.1) is 12.7 Å². The number of hydrogen-bond donors (Lipinski definition) is 0. The zero-order chi connectivity index (χ0) is 14.3. The minimum atomic E-state index is -0.321. The number of pyridine rings is 1. The van der Waals surface area contributed by atoms with E-state index in [0.29, 0.717) is 17.2 Å². The Balaban J connectivity index is 2.39. The van der Waals surface area contributed by atoms with E-state index in [2.05, 4.69) is 25.9 Å². The fraction of sp³-hybridized carbons (Fsp3) is 0.143. The molecule has 0 unspecified atom stereocenters. The Hall–Kier alpha value is -1.46. The molecule has 0 aliphatic rings. The van der Waals surface area contributed by atoms with Crippen molar-refractivity contribution in [2.75, 3.05) is 0 Å². The van der Waals surface area contributed by atoms with Crippen LogP contribution in [-0.2, 0) is 5.88 Å². The van der Waals surface area contributed by atoms with E-state index in [9.17, 15) is 4.39 Å². The number of aromatic nitrogens is 3. The number of alkyl halides is 1. The van der Waals surface area contributed by atoms with Gasteiger partial charge in [-0.2, -0.15) is 0 Å². The lowest BCUT2D eigenvalue weighted by molar-refractivity contribution is 0.626. The molecule has 20 heavy (non-hydrogen) atoms. The molecule has 2 aromatic heterocycles. The Labute approximate surface area is 128 Å². The van der Waals surface area contributed by atoms with E-state index in [-0.39, 0.29) is 11.7 Å². The molecule has 0 atom stereocenters. The molecule has 3 nitrogen and oxygen atoms in total. The normalized spacial score (nSPS) is 11.2. The van der Waals surface area contributed by atoms with E-state index in [1.54, 1.807) is 10.6 Å². The Morgan fingerprint density at radius 3 is 2.80 bits per heavy atom. The van der Waals surface area contributed by atoms with Gasteiger partial charge in [-0.05, 0) is 53.2 Å². The number of imidazole rings is 1. The monoisotopic (exact) mass is 353 g/mol. The van der Waals surface area contributed by atoms with Gasteiger partial charge in [0.15, 0.2) is 5.65 Å². The van der Waals surface area contributed by atoms with Crippen molar-refractivity contribution in [3.8, 4) is 5.69 Å². The number of hydrogen-bond acceptors (Lipinski definition) is 2. The van der Waals surface area contributed by atoms with Gasteiger partial charge in [0.2, 0.25) is 0 Å². The molecule has 0 amide bonds. The predicted molar refractivity (Wildman–Crippen MR) is 80.8 cm³/mol. The fourth-order valence-electron chi connectivity index (χ4n) is 2.10. The fourth-order valence-corrected chi connectivity index (χ4v) is 2.70. The minimum absolute atomic E-state index is 0.221. The molecular weight excluding hydrogens is 345 g/mol. The predicted octanol–water partition coefficient (Wildman–Crippen LogP) is 4.37. The van der Waals surface area contributed by atoms with Crippen molar-refractivity contribution in [1.82, 2.24) is 14.5 Å². The highest BCUT2D eigenvalue weighted by molar-refractivity contribution is 9.10. The SMILES string of the molecule is Cc1ccc2nc(CCl)n(-c3cc(F)ccc3Br)c2n1. The van der Waals surface area contributed by atoms with Crippen molar-refractivity contribution in [3.05, 3.63) is 52.1 Å². The molecule has 6 heteroatoms. The van der Waals surface area contributed by atoms with Crippen molar-refractivity contribution in [1.29, 1.82) is 0 Å². The minimum Gasteiger partial charge on any atom is -0.278 e. The third-order valence-corrected chi connectivity index (χ3v) is 3.89. The van der Waals surface area contributed by atoms with Crippen molar-refractivity contribution in [3.63, 3.8) is 0 Å². The van der Waals surface area contributed by atoms with Crippen molar-refractivity contribution < 1.29 is 4.39 Å². The van der Waals surface area contributed by atoms with E-state index in [1.165, 1.54) is 12.1 Å². The molecule has 2 heterocycles. The van der Waals surface area contributed by atoms with Gasteiger partial charge in [-0.25, -0.2) is 14.4 Å². The van der Waals surface area contributed by atoms with Gasteiger partial charge in [-0.1, -0.05) is 0 Å². The lowest BCUT2D eigenvalue weighted by atomic mass is 10.3. The molecule has 0 aliphatic carbocycles. The quantitative estimate of drug-likeness (QED) is 0.640. The van der Waals surface area contributed by atoms with E-state index in [4.69, 9.17) is 11.6 Å². The lowest BCUT2D eigenvalue weighted by Crippen LogP contribution is -2.02. The molecule has 1 aromatic carbocycles. The summed E-state index contributed by atoms with van der Waals surface area (Å²) in [5, 5.41) is 0. The van der Waals surface area contributed by atoms with Crippen LogP contribution in [0.5, 0.6) is 0 Å². The first-order valence-electron chi connectivity index (χ1n) is 5.96. The van der Waals surface area contributed by atoms with Crippen LogP contribution < -0.4 is 0 Å². The summed E-state index contributed by atoms with van der Waals surface area (Å²) in [4.78, 5) is 8.93. The number of benzene rings is 1. The van der Waals surface area contributed by atoms with Crippen LogP contribution in [0.25, 0.3) is 16.9 Å². The maximum Gasteiger partial charge on any atom is 0.164 e. The smallest absolute Gasteiger partial charge is 0.164 e. The van der Waals surface area contributed by atoms with Crippen LogP contribution in [0.2, 0.25) is 0 Å². The van der Waals surface area contributed by atoms with E-state index >= 15 is 0 Å². The van der Waals surface area contributed by atoms with Crippen LogP contribution in [0.15, 0.2) is 34.8 Å². The Kier molecular flexibility index (Phi) is 3.48. The molecule has 0 spiro atoms. The Morgan fingerprint density at radius 2 is 2.05 bits per heavy atom. The summed E-state index contributed by atoms with van der Waals surface area (Å²) in [6, 6.07) is 8.26. The molecule has 0 saturated heterocycles. The maximum absolute atomic E-state index is 13.5. The van der Waals surface area contributed by atoms with Crippen molar-refractivity contribution in [2.24, 2.45) is 0 Å². The molecule has 0 saturated carbocycles. The standard InChI is InChI=1S/C14H10BrClFN3/c1-8-2-5-11-14(18-8)20(13(7-16)19-11)12-6-9(17)3-4-10(12)15/h2-6H,7H2,1H3. The van der Waals surface area contributed by atoms with Gasteiger partial charge < -0.3 is 0 Å². The summed E-state index contributed by atoms with van der Waals surface area (Å²) < 4.78 is 16.1. The first-order valence-corrected chi connectivity index (χ1v) is 7.29. The van der Waals surface area contributed by atoms with Gasteiger partial charge in [0.1, 0.15) is 17.2 Å². The first kappa shape index (κ1) is 13.5. The number of rotatable bonds is 2. The molecular formula is C14H10BrClFN3. The van der Waals surface area contributed by atoms with Crippen LogP contribution in [-0.4, -0.2) is 14.5 Å². The van der Waals surface area contributed by atoms with Gasteiger partial charge in [0.05, 0.1) is 11.6 Å². The van der Waals surface area contributed by atoms with Gasteiger partial charge in [-0.3, -0.25) is 4.57 Å². The highest BCUT2D eigenvalue weighted by Crippen LogP contribution is 2.28. The average Bonchev–Trinajstić information content (AvgIpc) is 2.79. The Morgan fingerprint density at radius 1 is 1.25 bits per heavy atom. The van der Waals surface area contributed by atoms with Gasteiger partial charge in [0, 0.05) is 10.2 Å². The average molecular weight is 355 g/mol. The number of nitrogens with zero attached hydrogens (tertiary/aromatic N) is 3. The number of fused-ring (bicyclic) bond motifs is 1. The van der Waals surface area contributed by atoms with Crippen LogP contribution >= 0.6 is 27.5 Å².